The lowest BCUT2D eigenvalue weighted by atomic mass is 10.2. The predicted octanol–water partition coefficient (Wildman–Crippen LogP) is 3.69. The molecule has 7 heteroatoms. The molecule has 142 valence electrons. The molecule has 1 aromatic heterocycles. The van der Waals surface area contributed by atoms with E-state index in [9.17, 15) is 4.79 Å². The number of hydrogen-bond acceptors (Lipinski definition) is 6. The minimum Gasteiger partial charge on any atom is -0.454 e. The number of nitrogens with one attached hydrogen (secondary N) is 2. The molecule has 0 saturated heterocycles. The molecule has 0 bridgehead atoms. The van der Waals surface area contributed by atoms with Crippen LogP contribution in [0.5, 0.6) is 11.5 Å². The van der Waals surface area contributed by atoms with Gasteiger partial charge in [0.1, 0.15) is 0 Å². The van der Waals surface area contributed by atoms with E-state index in [0.717, 1.165) is 28.3 Å². The van der Waals surface area contributed by atoms with Gasteiger partial charge in [0.2, 0.25) is 12.7 Å². The first-order valence-corrected chi connectivity index (χ1v) is 8.92. The average molecular weight is 376 g/mol. The molecular formula is C21H20N4O3. The normalized spacial score (nSPS) is 11.9. The fourth-order valence-corrected chi connectivity index (χ4v) is 2.84. The van der Waals surface area contributed by atoms with Crippen LogP contribution in [0.2, 0.25) is 0 Å². The van der Waals surface area contributed by atoms with Crippen molar-refractivity contribution in [1.82, 2.24) is 9.97 Å². The molecule has 1 amide bonds. The number of benzene rings is 2. The van der Waals surface area contributed by atoms with E-state index in [-0.39, 0.29) is 12.7 Å². The van der Waals surface area contributed by atoms with Gasteiger partial charge in [-0.05, 0) is 43.7 Å². The second-order valence-electron chi connectivity index (χ2n) is 6.55. The first-order chi connectivity index (χ1) is 13.6. The third kappa shape index (κ3) is 3.88. The average Bonchev–Trinajstić information content (AvgIpc) is 3.16. The number of carbonyl (C=O) groups is 1. The van der Waals surface area contributed by atoms with Gasteiger partial charge in [-0.25, -0.2) is 9.97 Å². The van der Waals surface area contributed by atoms with Crippen molar-refractivity contribution >= 4 is 17.5 Å². The Morgan fingerprint density at radius 2 is 1.86 bits per heavy atom. The van der Waals surface area contributed by atoms with Crippen LogP contribution in [0.3, 0.4) is 0 Å². The Bertz CT molecular complexity index is 1020. The maximum atomic E-state index is 12.5. The largest absolute Gasteiger partial charge is 0.454 e. The smallest absolute Gasteiger partial charge is 0.259 e. The van der Waals surface area contributed by atoms with Gasteiger partial charge in [-0.1, -0.05) is 23.8 Å². The van der Waals surface area contributed by atoms with Crippen molar-refractivity contribution in [2.75, 3.05) is 17.4 Å². The molecule has 2 aromatic carbocycles. The topological polar surface area (TPSA) is 85.4 Å². The van der Waals surface area contributed by atoms with Gasteiger partial charge >= 0.3 is 0 Å². The van der Waals surface area contributed by atoms with E-state index in [0.29, 0.717) is 23.8 Å². The lowest BCUT2D eigenvalue weighted by Gasteiger charge is -2.10. The number of aromatic nitrogens is 2. The number of rotatable bonds is 5. The maximum Gasteiger partial charge on any atom is 0.259 e. The summed E-state index contributed by atoms with van der Waals surface area (Å²) in [7, 11) is 0. The van der Waals surface area contributed by atoms with Crippen molar-refractivity contribution in [3.63, 3.8) is 0 Å². The lowest BCUT2D eigenvalue weighted by molar-refractivity contribution is 0.102. The van der Waals surface area contributed by atoms with Gasteiger partial charge in [-0.3, -0.25) is 4.79 Å². The zero-order valence-electron chi connectivity index (χ0n) is 15.7. The summed E-state index contributed by atoms with van der Waals surface area (Å²) in [5.74, 6) is 1.71. The maximum absolute atomic E-state index is 12.5. The zero-order chi connectivity index (χ0) is 19.5. The van der Waals surface area contributed by atoms with Crippen LogP contribution in [-0.2, 0) is 6.54 Å². The Kier molecular flexibility index (Phi) is 4.80. The van der Waals surface area contributed by atoms with Crippen LogP contribution in [0.15, 0.2) is 48.7 Å². The molecule has 0 atom stereocenters. The van der Waals surface area contributed by atoms with Crippen LogP contribution in [0, 0.1) is 13.8 Å². The zero-order valence-corrected chi connectivity index (χ0v) is 15.7. The fraction of sp³-hybridized carbons (Fsp3) is 0.190. The van der Waals surface area contributed by atoms with Crippen LogP contribution in [0.1, 0.15) is 27.2 Å². The lowest BCUT2D eigenvalue weighted by Crippen LogP contribution is -2.15. The number of hydrogen-bond donors (Lipinski definition) is 2. The van der Waals surface area contributed by atoms with E-state index in [1.807, 2.05) is 49.4 Å². The summed E-state index contributed by atoms with van der Waals surface area (Å²) in [6.07, 6.45) is 1.54. The van der Waals surface area contributed by atoms with Gasteiger partial charge in [-0.15, -0.1) is 0 Å². The summed E-state index contributed by atoms with van der Waals surface area (Å²) in [5, 5.41) is 6.03. The highest BCUT2D eigenvalue weighted by atomic mass is 16.7. The van der Waals surface area contributed by atoms with E-state index < -0.39 is 0 Å². The molecule has 4 rings (SSSR count). The van der Waals surface area contributed by atoms with Crippen molar-refractivity contribution in [1.29, 1.82) is 0 Å². The number of nitrogens with zero attached hydrogens (tertiary/aromatic N) is 2. The van der Waals surface area contributed by atoms with Crippen molar-refractivity contribution in [3.05, 3.63) is 71.0 Å². The van der Waals surface area contributed by atoms with Crippen LogP contribution >= 0.6 is 0 Å². The summed E-state index contributed by atoms with van der Waals surface area (Å²) < 4.78 is 10.7. The van der Waals surface area contributed by atoms with Gasteiger partial charge in [0, 0.05) is 18.4 Å². The van der Waals surface area contributed by atoms with Gasteiger partial charge in [0.15, 0.2) is 11.5 Å². The van der Waals surface area contributed by atoms with Crippen LogP contribution in [0.25, 0.3) is 0 Å². The summed E-state index contributed by atoms with van der Waals surface area (Å²) in [6, 6.07) is 13.4. The number of carbonyl (C=O) groups excluding carboxylic acids is 1. The number of ether oxygens (including phenoxy) is 2. The third-order valence-electron chi connectivity index (χ3n) is 4.42. The Morgan fingerprint density at radius 1 is 1.07 bits per heavy atom. The molecule has 0 unspecified atom stereocenters. The van der Waals surface area contributed by atoms with E-state index in [1.54, 1.807) is 6.92 Å². The quantitative estimate of drug-likeness (QED) is 0.706. The molecular weight excluding hydrogens is 356 g/mol. The highest BCUT2D eigenvalue weighted by Crippen LogP contribution is 2.32. The standard InChI is InChI=1S/C21H20N4O3/c1-13-3-6-16(7-4-13)25-20(26)17-11-23-21(24-14(17)2)22-10-15-5-8-18-19(9-15)28-12-27-18/h3-9,11H,10,12H2,1-2H3,(H,25,26)(H,22,23,24). The van der Waals surface area contributed by atoms with Gasteiger partial charge < -0.3 is 20.1 Å². The molecule has 0 saturated carbocycles. The molecule has 2 heterocycles. The highest BCUT2D eigenvalue weighted by molar-refractivity contribution is 6.04. The number of amides is 1. The van der Waals surface area contributed by atoms with E-state index >= 15 is 0 Å². The van der Waals surface area contributed by atoms with Crippen molar-refractivity contribution < 1.29 is 14.3 Å². The minimum absolute atomic E-state index is 0.233. The molecule has 28 heavy (non-hydrogen) atoms. The first kappa shape index (κ1) is 17.8. The van der Waals surface area contributed by atoms with Gasteiger partial charge in [-0.2, -0.15) is 0 Å². The summed E-state index contributed by atoms with van der Waals surface area (Å²) in [4.78, 5) is 21.1. The fourth-order valence-electron chi connectivity index (χ4n) is 2.84. The second kappa shape index (κ2) is 7.56. The second-order valence-corrected chi connectivity index (χ2v) is 6.55. The van der Waals surface area contributed by atoms with Gasteiger partial charge in [0.25, 0.3) is 5.91 Å². The summed E-state index contributed by atoms with van der Waals surface area (Å²) in [5.41, 5.74) is 3.93. The third-order valence-corrected chi connectivity index (χ3v) is 4.42. The van der Waals surface area contributed by atoms with Crippen LogP contribution < -0.4 is 20.1 Å². The predicted molar refractivity (Wildman–Crippen MR) is 106 cm³/mol. The number of fused-ring (bicyclic) bond motifs is 1. The Morgan fingerprint density at radius 3 is 2.64 bits per heavy atom. The molecule has 7 nitrogen and oxygen atoms in total. The molecule has 0 radical (unpaired) electrons. The Balaban J connectivity index is 1.41. The minimum atomic E-state index is -0.233. The van der Waals surface area contributed by atoms with Crippen molar-refractivity contribution in [3.8, 4) is 11.5 Å². The van der Waals surface area contributed by atoms with E-state index in [1.165, 1.54) is 6.20 Å². The molecule has 1 aliphatic rings. The molecule has 0 spiro atoms. The van der Waals surface area contributed by atoms with Gasteiger partial charge in [0.05, 0.1) is 11.3 Å². The number of aryl methyl sites for hydroxylation is 2. The van der Waals surface area contributed by atoms with E-state index in [4.69, 9.17) is 9.47 Å². The molecule has 2 N–H and O–H groups in total. The summed E-state index contributed by atoms with van der Waals surface area (Å²) in [6.45, 7) is 4.57. The first-order valence-electron chi connectivity index (χ1n) is 8.92. The molecule has 3 aromatic rings. The van der Waals surface area contributed by atoms with Crippen molar-refractivity contribution in [2.24, 2.45) is 0 Å². The van der Waals surface area contributed by atoms with E-state index in [2.05, 4.69) is 20.6 Å². The SMILES string of the molecule is Cc1ccc(NC(=O)c2cnc(NCc3ccc4c(c3)OCO4)nc2C)cc1. The summed E-state index contributed by atoms with van der Waals surface area (Å²) >= 11 is 0. The monoisotopic (exact) mass is 376 g/mol. The Hall–Kier alpha value is -3.61. The number of anilines is 2. The highest BCUT2D eigenvalue weighted by Gasteiger charge is 2.14. The Labute approximate surface area is 162 Å². The van der Waals surface area contributed by atoms with Crippen LogP contribution in [0.4, 0.5) is 11.6 Å². The van der Waals surface area contributed by atoms with Crippen LogP contribution in [-0.4, -0.2) is 22.7 Å². The molecule has 0 fully saturated rings. The van der Waals surface area contributed by atoms with Crippen molar-refractivity contribution in [2.45, 2.75) is 20.4 Å². The molecule has 1 aliphatic heterocycles. The molecule has 0 aliphatic carbocycles.